The molecule has 0 aliphatic carbocycles. The maximum atomic E-state index is 11.9. The first-order valence-electron chi connectivity index (χ1n) is 6.24. The van der Waals surface area contributed by atoms with E-state index in [0.717, 1.165) is 31.0 Å². The van der Waals surface area contributed by atoms with Crippen LogP contribution >= 0.6 is 15.9 Å². The molecule has 0 saturated carbocycles. The number of nitrogens with one attached hydrogen (secondary N) is 1. The van der Waals surface area contributed by atoms with Crippen molar-refractivity contribution < 1.29 is 8.42 Å². The van der Waals surface area contributed by atoms with Crippen LogP contribution in [0.3, 0.4) is 0 Å². The minimum absolute atomic E-state index is 0.348. The molecule has 1 aromatic rings. The van der Waals surface area contributed by atoms with E-state index >= 15 is 0 Å². The van der Waals surface area contributed by atoms with Crippen molar-refractivity contribution in [2.45, 2.75) is 37.5 Å². The number of unbranched alkanes of at least 4 members (excludes halogenated alkanes) is 1. The molecular formula is C13H20BrNO2S. The van der Waals surface area contributed by atoms with Crippen LogP contribution in [0.2, 0.25) is 0 Å². The summed E-state index contributed by atoms with van der Waals surface area (Å²) in [6.07, 6.45) is 3.87. The molecule has 0 radical (unpaired) electrons. The topological polar surface area (TPSA) is 46.2 Å². The maximum absolute atomic E-state index is 11.9. The average Bonchev–Trinajstić information content (AvgIpc) is 2.36. The Labute approximate surface area is 118 Å². The van der Waals surface area contributed by atoms with Crippen LogP contribution in [0.1, 0.15) is 31.7 Å². The lowest BCUT2D eigenvalue weighted by molar-refractivity contribution is 0.578. The zero-order valence-corrected chi connectivity index (χ0v) is 13.1. The molecule has 1 rings (SSSR count). The molecule has 102 valence electrons. The summed E-state index contributed by atoms with van der Waals surface area (Å²) < 4.78 is 26.5. The molecule has 0 atom stereocenters. The van der Waals surface area contributed by atoms with Gasteiger partial charge in [0.15, 0.2) is 0 Å². The minimum atomic E-state index is -3.34. The summed E-state index contributed by atoms with van der Waals surface area (Å²) in [7, 11) is -3.34. The highest BCUT2D eigenvalue weighted by Crippen LogP contribution is 2.11. The van der Waals surface area contributed by atoms with Gasteiger partial charge in [0, 0.05) is 11.9 Å². The Morgan fingerprint density at radius 1 is 1.17 bits per heavy atom. The van der Waals surface area contributed by atoms with Crippen LogP contribution in [0.25, 0.3) is 0 Å². The molecule has 0 unspecified atom stereocenters. The van der Waals surface area contributed by atoms with Gasteiger partial charge in [-0.2, -0.15) is 0 Å². The number of rotatable bonds is 8. The van der Waals surface area contributed by atoms with Crippen molar-refractivity contribution in [3.63, 3.8) is 0 Å². The molecule has 3 nitrogen and oxygen atoms in total. The fraction of sp³-hybridized carbons (Fsp3) is 0.538. The molecular weight excluding hydrogens is 314 g/mol. The van der Waals surface area contributed by atoms with Crippen molar-refractivity contribution >= 4 is 26.0 Å². The molecule has 1 aromatic carbocycles. The van der Waals surface area contributed by atoms with Gasteiger partial charge in [0.2, 0.25) is 10.0 Å². The van der Waals surface area contributed by atoms with Gasteiger partial charge in [-0.15, -0.1) is 0 Å². The highest BCUT2D eigenvalue weighted by atomic mass is 79.9. The van der Waals surface area contributed by atoms with Crippen molar-refractivity contribution in [2.75, 3.05) is 11.9 Å². The number of alkyl halides is 1. The second-order valence-electron chi connectivity index (χ2n) is 4.19. The Balaban J connectivity index is 2.61. The molecule has 0 fully saturated rings. The van der Waals surface area contributed by atoms with E-state index in [-0.39, 0.29) is 0 Å². The molecule has 18 heavy (non-hydrogen) atoms. The molecule has 0 aliphatic rings. The largest absolute Gasteiger partial charge is 0.240 e. The fourth-order valence-corrected chi connectivity index (χ4v) is 3.10. The van der Waals surface area contributed by atoms with Crippen LogP contribution in [0.15, 0.2) is 29.2 Å². The van der Waals surface area contributed by atoms with E-state index in [4.69, 9.17) is 0 Å². The molecule has 5 heteroatoms. The van der Waals surface area contributed by atoms with Gasteiger partial charge in [-0.05, 0) is 37.0 Å². The van der Waals surface area contributed by atoms with Gasteiger partial charge in [0.25, 0.3) is 0 Å². The first-order valence-corrected chi connectivity index (χ1v) is 8.85. The Morgan fingerprint density at radius 2 is 1.83 bits per heavy atom. The van der Waals surface area contributed by atoms with Gasteiger partial charge in [0.05, 0.1) is 4.90 Å². The van der Waals surface area contributed by atoms with E-state index in [2.05, 4.69) is 27.6 Å². The van der Waals surface area contributed by atoms with Crippen molar-refractivity contribution in [3.8, 4) is 0 Å². The third-order valence-corrected chi connectivity index (χ3v) is 4.66. The highest BCUT2D eigenvalue weighted by Gasteiger charge is 2.12. The van der Waals surface area contributed by atoms with Crippen molar-refractivity contribution in [1.29, 1.82) is 0 Å². The Bertz CT molecular complexity index is 443. The Morgan fingerprint density at radius 3 is 2.39 bits per heavy atom. The number of benzene rings is 1. The van der Waals surface area contributed by atoms with Crippen molar-refractivity contribution in [2.24, 2.45) is 0 Å². The molecule has 0 amide bonds. The van der Waals surface area contributed by atoms with E-state index in [1.165, 1.54) is 5.56 Å². The number of hydrogen-bond donors (Lipinski definition) is 1. The van der Waals surface area contributed by atoms with Gasteiger partial charge in [-0.1, -0.05) is 41.4 Å². The highest BCUT2D eigenvalue weighted by molar-refractivity contribution is 9.09. The third kappa shape index (κ3) is 5.08. The molecule has 0 saturated heterocycles. The summed E-state index contributed by atoms with van der Waals surface area (Å²) in [6.45, 7) is 2.60. The quantitative estimate of drug-likeness (QED) is 0.587. The molecule has 0 heterocycles. The summed E-state index contributed by atoms with van der Waals surface area (Å²) in [5.74, 6) is 0. The first-order chi connectivity index (χ1) is 8.60. The van der Waals surface area contributed by atoms with Crippen LogP contribution in [-0.4, -0.2) is 20.3 Å². The molecule has 0 aliphatic heterocycles. The lowest BCUT2D eigenvalue weighted by Crippen LogP contribution is -2.24. The van der Waals surface area contributed by atoms with Gasteiger partial charge in [0.1, 0.15) is 0 Å². The average molecular weight is 334 g/mol. The third-order valence-electron chi connectivity index (χ3n) is 2.62. The van der Waals surface area contributed by atoms with Crippen molar-refractivity contribution in [1.82, 2.24) is 4.72 Å². The number of hydrogen-bond acceptors (Lipinski definition) is 2. The van der Waals surface area contributed by atoms with E-state index in [1.54, 1.807) is 12.1 Å². The van der Waals surface area contributed by atoms with Crippen LogP contribution < -0.4 is 4.72 Å². The van der Waals surface area contributed by atoms with Gasteiger partial charge in [-0.3, -0.25) is 0 Å². The van der Waals surface area contributed by atoms with Gasteiger partial charge < -0.3 is 0 Å². The molecule has 0 bridgehead atoms. The predicted molar refractivity (Wildman–Crippen MR) is 78.7 cm³/mol. The van der Waals surface area contributed by atoms with Gasteiger partial charge >= 0.3 is 0 Å². The zero-order chi connectivity index (χ0) is 13.4. The van der Waals surface area contributed by atoms with Crippen LogP contribution in [0, 0.1) is 0 Å². The van der Waals surface area contributed by atoms with Crippen LogP contribution in [0.4, 0.5) is 0 Å². The summed E-state index contributed by atoms with van der Waals surface area (Å²) in [5, 5.41) is 0.903. The Kier molecular flexibility index (Phi) is 6.89. The van der Waals surface area contributed by atoms with E-state index in [0.29, 0.717) is 11.4 Å². The number of halogens is 1. The summed E-state index contributed by atoms with van der Waals surface area (Å²) in [5.41, 5.74) is 1.18. The van der Waals surface area contributed by atoms with Crippen molar-refractivity contribution in [3.05, 3.63) is 29.8 Å². The molecule has 0 spiro atoms. The Hall–Kier alpha value is -0.390. The summed E-state index contributed by atoms with van der Waals surface area (Å²) in [4.78, 5) is 0.348. The second-order valence-corrected chi connectivity index (χ2v) is 6.75. The van der Waals surface area contributed by atoms with E-state index in [1.807, 2.05) is 12.1 Å². The smallest absolute Gasteiger partial charge is 0.211 e. The summed E-state index contributed by atoms with van der Waals surface area (Å²) >= 11 is 3.32. The number of aryl methyl sites for hydroxylation is 1. The normalized spacial score (nSPS) is 11.7. The van der Waals surface area contributed by atoms with E-state index in [9.17, 15) is 8.42 Å². The number of sulfonamides is 1. The second kappa shape index (κ2) is 7.92. The maximum Gasteiger partial charge on any atom is 0.240 e. The fourth-order valence-electron chi connectivity index (χ4n) is 1.63. The lowest BCUT2D eigenvalue weighted by Gasteiger charge is -2.07. The SMILES string of the molecule is CCCc1ccc(S(=O)(=O)NCCCCBr)cc1. The van der Waals surface area contributed by atoms with Gasteiger partial charge in [-0.25, -0.2) is 13.1 Å². The summed E-state index contributed by atoms with van der Waals surface area (Å²) in [6, 6.07) is 7.13. The minimum Gasteiger partial charge on any atom is -0.211 e. The zero-order valence-electron chi connectivity index (χ0n) is 10.7. The predicted octanol–water partition coefficient (Wildman–Crippen LogP) is 3.09. The standard InChI is InChI=1S/C13H20BrNO2S/c1-2-5-12-6-8-13(9-7-12)18(16,17)15-11-4-3-10-14/h6-9,15H,2-5,10-11H2,1H3. The van der Waals surface area contributed by atoms with E-state index < -0.39 is 10.0 Å². The first kappa shape index (κ1) is 15.7. The molecule has 1 N–H and O–H groups in total. The monoisotopic (exact) mass is 333 g/mol. The lowest BCUT2D eigenvalue weighted by atomic mass is 10.1. The van der Waals surface area contributed by atoms with Crippen LogP contribution in [0.5, 0.6) is 0 Å². The van der Waals surface area contributed by atoms with Crippen LogP contribution in [-0.2, 0) is 16.4 Å². The molecule has 0 aromatic heterocycles.